The summed E-state index contributed by atoms with van der Waals surface area (Å²) in [5, 5.41) is 4.78. The van der Waals surface area contributed by atoms with Crippen LogP contribution in [0.1, 0.15) is 85.6 Å². The van der Waals surface area contributed by atoms with Crippen molar-refractivity contribution in [1.29, 1.82) is 0 Å². The number of hydrogen-bond acceptors (Lipinski definition) is 4. The van der Waals surface area contributed by atoms with Gasteiger partial charge in [0, 0.05) is 12.0 Å². The molecule has 0 unspecified atom stereocenters. The Bertz CT molecular complexity index is 1950. The van der Waals surface area contributed by atoms with E-state index in [1.54, 1.807) is 14.2 Å². The molecule has 0 spiro atoms. The van der Waals surface area contributed by atoms with Gasteiger partial charge in [-0.1, -0.05) is 200 Å². The van der Waals surface area contributed by atoms with Crippen LogP contribution < -0.4 is 34.6 Å². The predicted octanol–water partition coefficient (Wildman–Crippen LogP) is 10.5. The molecule has 0 aliphatic rings. The quantitative estimate of drug-likeness (QED) is 0.0407. The summed E-state index contributed by atoms with van der Waals surface area (Å²) in [6.07, 6.45) is 11.0. The highest BCUT2D eigenvalue weighted by Gasteiger charge is 2.53. The molecule has 0 aliphatic heterocycles. The highest BCUT2D eigenvalue weighted by molar-refractivity contribution is 7.00. The van der Waals surface area contributed by atoms with Gasteiger partial charge in [0.05, 0.1) is 20.8 Å². The second kappa shape index (κ2) is 20.1. The number of unbranched alkanes of at least 4 members (excludes halogenated alkanes) is 5. The fourth-order valence-electron chi connectivity index (χ4n) is 7.97. The van der Waals surface area contributed by atoms with E-state index in [0.717, 1.165) is 37.7 Å². The molecule has 298 valence electrons. The Balaban J connectivity index is 1.17. The third-order valence-electron chi connectivity index (χ3n) is 10.8. The molecule has 0 aromatic heterocycles. The van der Waals surface area contributed by atoms with Crippen LogP contribution in [-0.4, -0.2) is 37.5 Å². The van der Waals surface area contributed by atoms with Crippen LogP contribution in [0.25, 0.3) is 0 Å². The first-order chi connectivity index (χ1) is 27.5. The van der Waals surface area contributed by atoms with E-state index in [-0.39, 0.29) is 10.1 Å². The largest absolute Gasteiger partial charge is 0.529 e. The first-order valence-corrected chi connectivity index (χ1v) is 24.2. The molecule has 0 radical (unpaired) electrons. The zero-order chi connectivity index (χ0) is 40.8. The molecule has 57 heavy (non-hydrogen) atoms. The lowest BCUT2D eigenvalue weighted by molar-refractivity contribution is 0.339. The fraction of sp³-hybridized carbons (Fsp3) is 0.333. The van der Waals surface area contributed by atoms with Crippen LogP contribution in [-0.2, 0) is 4.43 Å². The van der Waals surface area contributed by atoms with E-state index in [4.69, 9.17) is 18.3 Å². The van der Waals surface area contributed by atoms with Crippen molar-refractivity contribution >= 4 is 37.4 Å². The average molecular weight is 795 g/mol. The molecule has 0 saturated heterocycles. The molecule has 0 aliphatic carbocycles. The number of allylic oxidation sites excluding steroid dienone is 1. The van der Waals surface area contributed by atoms with Crippen LogP contribution >= 0.6 is 0 Å². The van der Waals surface area contributed by atoms with Crippen molar-refractivity contribution in [1.82, 2.24) is 0 Å². The lowest BCUT2D eigenvalue weighted by atomic mass is 10.1. The molecular formula is C51H62O4Si2. The molecular weight excluding hydrogens is 733 g/mol. The van der Waals surface area contributed by atoms with Gasteiger partial charge in [0.25, 0.3) is 8.32 Å². The summed E-state index contributed by atoms with van der Waals surface area (Å²) >= 11 is 0. The predicted molar refractivity (Wildman–Crippen MR) is 245 cm³/mol. The first-order valence-electron chi connectivity index (χ1n) is 20.4. The Labute approximate surface area is 345 Å². The summed E-state index contributed by atoms with van der Waals surface area (Å²) in [4.78, 5) is 0. The number of rotatable bonds is 17. The molecule has 4 nitrogen and oxygen atoms in total. The van der Waals surface area contributed by atoms with E-state index in [2.05, 4.69) is 187 Å². The molecule has 6 heteroatoms. The molecule has 0 N–H and O–H groups in total. The Morgan fingerprint density at radius 1 is 0.526 bits per heavy atom. The molecule has 0 heterocycles. The zero-order valence-electron chi connectivity index (χ0n) is 35.4. The van der Waals surface area contributed by atoms with Gasteiger partial charge in [0.1, 0.15) is 0 Å². The number of benzene rings is 5. The SMILES string of the molecule is COc1cc(C#CCCCCCC/C=C\CO[Si](c2ccccc2)(c2ccccc2)C(C)(C)C)cc(OC)c1O[Si](c1ccccc1)(c1ccccc1)C(C)(C)C. The smallest absolute Gasteiger partial charge is 0.320 e. The lowest BCUT2D eigenvalue weighted by Gasteiger charge is -2.43. The minimum Gasteiger partial charge on any atom is -0.529 e. The molecule has 5 rings (SSSR count). The van der Waals surface area contributed by atoms with Crippen LogP contribution in [0.3, 0.4) is 0 Å². The van der Waals surface area contributed by atoms with E-state index in [0.29, 0.717) is 23.9 Å². The van der Waals surface area contributed by atoms with Gasteiger partial charge in [-0.15, -0.1) is 0 Å². The van der Waals surface area contributed by atoms with E-state index in [1.165, 1.54) is 27.2 Å². The van der Waals surface area contributed by atoms with Gasteiger partial charge in [-0.05, 0) is 62.2 Å². The Kier molecular flexibility index (Phi) is 15.2. The normalized spacial score (nSPS) is 12.2. The van der Waals surface area contributed by atoms with Crippen LogP contribution in [0.4, 0.5) is 0 Å². The molecule has 5 aromatic rings. The van der Waals surface area contributed by atoms with E-state index >= 15 is 0 Å². The third kappa shape index (κ3) is 10.2. The maximum absolute atomic E-state index is 7.34. The maximum Gasteiger partial charge on any atom is 0.320 e. The van der Waals surface area contributed by atoms with Crippen molar-refractivity contribution in [3.63, 3.8) is 0 Å². The molecule has 0 fully saturated rings. The Hall–Kier alpha value is -4.81. The van der Waals surface area contributed by atoms with Gasteiger partial charge in [-0.2, -0.15) is 0 Å². The summed E-state index contributed by atoms with van der Waals surface area (Å²) in [5.74, 6) is 8.63. The second-order valence-electron chi connectivity index (χ2n) is 16.7. The minimum absolute atomic E-state index is 0.0198. The van der Waals surface area contributed by atoms with Crippen LogP contribution in [0, 0.1) is 11.8 Å². The summed E-state index contributed by atoms with van der Waals surface area (Å²) in [7, 11) is -2.05. The number of methoxy groups -OCH3 is 2. The van der Waals surface area contributed by atoms with Gasteiger partial charge in [-0.25, -0.2) is 0 Å². The molecule has 0 bridgehead atoms. The van der Waals surface area contributed by atoms with Gasteiger partial charge in [-0.3, -0.25) is 0 Å². The average Bonchev–Trinajstić information content (AvgIpc) is 3.22. The summed E-state index contributed by atoms with van der Waals surface area (Å²) in [6.45, 7) is 14.4. The van der Waals surface area contributed by atoms with Crippen molar-refractivity contribution in [2.45, 2.75) is 90.1 Å². The summed E-state index contributed by atoms with van der Waals surface area (Å²) < 4.78 is 26.3. The van der Waals surface area contributed by atoms with E-state index in [1.807, 2.05) is 12.1 Å². The van der Waals surface area contributed by atoms with Crippen LogP contribution in [0.2, 0.25) is 10.1 Å². The molecule has 0 saturated carbocycles. The Morgan fingerprint density at radius 2 is 0.947 bits per heavy atom. The van der Waals surface area contributed by atoms with Gasteiger partial charge >= 0.3 is 8.32 Å². The third-order valence-corrected chi connectivity index (χ3v) is 20.7. The minimum atomic E-state index is -2.91. The summed E-state index contributed by atoms with van der Waals surface area (Å²) in [5.41, 5.74) is 0.851. The van der Waals surface area contributed by atoms with Crippen molar-refractivity contribution in [2.24, 2.45) is 0 Å². The summed E-state index contributed by atoms with van der Waals surface area (Å²) in [6, 6.07) is 46.9. The van der Waals surface area contributed by atoms with E-state index < -0.39 is 16.6 Å². The monoisotopic (exact) mass is 794 g/mol. The Morgan fingerprint density at radius 3 is 1.37 bits per heavy atom. The molecule has 5 aromatic carbocycles. The first kappa shape index (κ1) is 43.3. The highest BCUT2D eigenvalue weighted by atomic mass is 28.4. The number of ether oxygens (including phenoxy) is 2. The lowest BCUT2D eigenvalue weighted by Crippen LogP contribution is -2.68. The topological polar surface area (TPSA) is 36.9 Å². The standard InChI is InChI=1S/C51H62O4Si2/c1-50(2,3)56(43-31-21-16-22-32-43,44-33-23-17-24-34-44)54-39-29-15-13-11-9-10-12-14-20-30-42-40-47(52-7)49(48(41-42)53-8)55-57(51(4,5)6,45-35-25-18-26-36-45)46-37-27-19-28-38-46/h15-19,21-29,31-38,40-41H,9-14,39H2,1-8H3/b29-15-. The maximum atomic E-state index is 7.34. The highest BCUT2D eigenvalue weighted by Crippen LogP contribution is 2.45. The molecule has 0 amide bonds. The van der Waals surface area contributed by atoms with E-state index in [9.17, 15) is 0 Å². The van der Waals surface area contributed by atoms with Crippen LogP contribution in [0.15, 0.2) is 146 Å². The van der Waals surface area contributed by atoms with Crippen LogP contribution in [0.5, 0.6) is 17.2 Å². The van der Waals surface area contributed by atoms with Crippen molar-refractivity contribution in [2.75, 3.05) is 20.8 Å². The van der Waals surface area contributed by atoms with Crippen molar-refractivity contribution < 1.29 is 18.3 Å². The fourth-order valence-corrected chi connectivity index (χ4v) is 16.9. The number of hydrogen-bond donors (Lipinski definition) is 0. The van der Waals surface area contributed by atoms with Gasteiger partial charge in [0.2, 0.25) is 0 Å². The second-order valence-corrected chi connectivity index (χ2v) is 25.2. The zero-order valence-corrected chi connectivity index (χ0v) is 37.4. The van der Waals surface area contributed by atoms with Crippen molar-refractivity contribution in [3.8, 4) is 29.1 Å². The van der Waals surface area contributed by atoms with Crippen molar-refractivity contribution in [3.05, 3.63) is 151 Å². The molecule has 0 atom stereocenters. The van der Waals surface area contributed by atoms with Gasteiger partial charge < -0.3 is 18.3 Å². The van der Waals surface area contributed by atoms with Gasteiger partial charge in [0.15, 0.2) is 17.2 Å².